The van der Waals surface area contributed by atoms with Gasteiger partial charge in [-0.1, -0.05) is 12.1 Å². The second kappa shape index (κ2) is 8.35. The number of benzene rings is 1. The first-order valence-corrected chi connectivity index (χ1v) is 9.26. The number of carbonyl (C=O) groups is 2. The van der Waals surface area contributed by atoms with Gasteiger partial charge >= 0.3 is 5.97 Å². The maximum Gasteiger partial charge on any atom is 0.358 e. The van der Waals surface area contributed by atoms with E-state index in [-0.39, 0.29) is 5.91 Å². The van der Waals surface area contributed by atoms with Crippen molar-refractivity contribution in [2.75, 3.05) is 39.8 Å². The number of nitrogens with zero attached hydrogens (tertiary/aromatic N) is 4. The third kappa shape index (κ3) is 4.54. The predicted molar refractivity (Wildman–Crippen MR) is 102 cm³/mol. The summed E-state index contributed by atoms with van der Waals surface area (Å²) in [4.78, 5) is 28.7. The van der Waals surface area contributed by atoms with Gasteiger partial charge in [-0.05, 0) is 44.7 Å². The predicted octanol–water partition coefficient (Wildman–Crippen LogP) is 1.80. The number of esters is 1. The Morgan fingerprint density at radius 3 is 2.59 bits per heavy atom. The van der Waals surface area contributed by atoms with Gasteiger partial charge < -0.3 is 14.5 Å². The third-order valence-corrected chi connectivity index (χ3v) is 4.76. The molecule has 27 heavy (non-hydrogen) atoms. The van der Waals surface area contributed by atoms with E-state index in [1.807, 2.05) is 36.1 Å². The molecule has 0 spiro atoms. The van der Waals surface area contributed by atoms with E-state index in [9.17, 15) is 9.59 Å². The van der Waals surface area contributed by atoms with Gasteiger partial charge in [0, 0.05) is 37.4 Å². The SMILES string of the molecule is CCOC(=O)c1cc(C)n(Cc2cccc(C(=O)N3CCN(C)CC3)c2)n1. The van der Waals surface area contributed by atoms with Crippen LogP contribution < -0.4 is 0 Å². The van der Waals surface area contributed by atoms with E-state index in [2.05, 4.69) is 17.0 Å². The van der Waals surface area contributed by atoms with Crippen molar-refractivity contribution >= 4 is 11.9 Å². The smallest absolute Gasteiger partial charge is 0.358 e. The van der Waals surface area contributed by atoms with Crippen molar-refractivity contribution in [1.29, 1.82) is 0 Å². The molecular weight excluding hydrogens is 344 g/mol. The van der Waals surface area contributed by atoms with Crippen LogP contribution in [0, 0.1) is 6.92 Å². The van der Waals surface area contributed by atoms with Crippen molar-refractivity contribution in [1.82, 2.24) is 19.6 Å². The van der Waals surface area contributed by atoms with Crippen LogP contribution in [0.25, 0.3) is 0 Å². The topological polar surface area (TPSA) is 67.7 Å². The highest BCUT2D eigenvalue weighted by atomic mass is 16.5. The summed E-state index contributed by atoms with van der Waals surface area (Å²) >= 11 is 0. The van der Waals surface area contributed by atoms with Crippen molar-refractivity contribution in [2.45, 2.75) is 20.4 Å². The molecule has 1 aromatic carbocycles. The molecule has 1 aliphatic rings. The lowest BCUT2D eigenvalue weighted by molar-refractivity contribution is 0.0518. The van der Waals surface area contributed by atoms with Gasteiger partial charge in [-0.15, -0.1) is 0 Å². The number of rotatable bonds is 5. The molecule has 0 N–H and O–H groups in total. The Morgan fingerprint density at radius 2 is 1.89 bits per heavy atom. The summed E-state index contributed by atoms with van der Waals surface area (Å²) in [6, 6.07) is 9.34. The Hall–Kier alpha value is -2.67. The van der Waals surface area contributed by atoms with E-state index in [1.54, 1.807) is 17.7 Å². The van der Waals surface area contributed by atoms with Gasteiger partial charge in [0.25, 0.3) is 5.91 Å². The Balaban J connectivity index is 1.73. The summed E-state index contributed by atoms with van der Waals surface area (Å²) in [6.45, 7) is 7.78. The fourth-order valence-electron chi connectivity index (χ4n) is 3.14. The average molecular weight is 370 g/mol. The molecule has 1 aliphatic heterocycles. The van der Waals surface area contributed by atoms with Crippen molar-refractivity contribution in [3.05, 3.63) is 52.8 Å². The number of amides is 1. The maximum absolute atomic E-state index is 12.8. The quantitative estimate of drug-likeness (QED) is 0.751. The van der Waals surface area contributed by atoms with Gasteiger partial charge in [-0.25, -0.2) is 4.79 Å². The molecule has 0 saturated carbocycles. The zero-order chi connectivity index (χ0) is 19.4. The van der Waals surface area contributed by atoms with Gasteiger partial charge in [-0.3, -0.25) is 9.48 Å². The summed E-state index contributed by atoms with van der Waals surface area (Å²) in [6.07, 6.45) is 0. The summed E-state index contributed by atoms with van der Waals surface area (Å²) < 4.78 is 6.76. The number of hydrogen-bond acceptors (Lipinski definition) is 5. The summed E-state index contributed by atoms with van der Waals surface area (Å²) in [5.41, 5.74) is 2.83. The van der Waals surface area contributed by atoms with E-state index in [4.69, 9.17) is 4.74 Å². The lowest BCUT2D eigenvalue weighted by Gasteiger charge is -2.32. The van der Waals surface area contributed by atoms with Gasteiger partial charge in [0.2, 0.25) is 0 Å². The first-order valence-electron chi connectivity index (χ1n) is 9.26. The number of aromatic nitrogens is 2. The molecule has 1 amide bonds. The largest absolute Gasteiger partial charge is 0.461 e. The van der Waals surface area contributed by atoms with E-state index in [0.717, 1.165) is 37.4 Å². The summed E-state index contributed by atoms with van der Waals surface area (Å²) in [7, 11) is 2.07. The van der Waals surface area contributed by atoms with E-state index >= 15 is 0 Å². The van der Waals surface area contributed by atoms with Crippen LogP contribution in [-0.2, 0) is 11.3 Å². The van der Waals surface area contributed by atoms with Crippen LogP contribution in [0.15, 0.2) is 30.3 Å². The lowest BCUT2D eigenvalue weighted by Crippen LogP contribution is -2.47. The number of carbonyl (C=O) groups excluding carboxylic acids is 2. The van der Waals surface area contributed by atoms with Crippen molar-refractivity contribution in [3.8, 4) is 0 Å². The standard InChI is InChI=1S/C20H26N4O3/c1-4-27-20(26)18-12-15(2)24(21-18)14-16-6-5-7-17(13-16)19(25)23-10-8-22(3)9-11-23/h5-7,12-13H,4,8-11,14H2,1-3H3. The van der Waals surface area contributed by atoms with Crippen LogP contribution in [0.4, 0.5) is 0 Å². The average Bonchev–Trinajstić information content (AvgIpc) is 3.03. The Morgan fingerprint density at radius 1 is 1.15 bits per heavy atom. The molecule has 0 aliphatic carbocycles. The molecule has 144 valence electrons. The monoisotopic (exact) mass is 370 g/mol. The molecule has 0 bridgehead atoms. The van der Waals surface area contributed by atoms with Gasteiger partial charge in [0.05, 0.1) is 13.2 Å². The van der Waals surface area contributed by atoms with Crippen molar-refractivity contribution in [3.63, 3.8) is 0 Å². The zero-order valence-electron chi connectivity index (χ0n) is 16.1. The second-order valence-electron chi connectivity index (χ2n) is 6.84. The first-order chi connectivity index (χ1) is 13.0. The minimum Gasteiger partial charge on any atom is -0.461 e. The number of piperazine rings is 1. The fraction of sp³-hybridized carbons (Fsp3) is 0.450. The maximum atomic E-state index is 12.8. The van der Waals surface area contributed by atoms with Crippen molar-refractivity contribution < 1.29 is 14.3 Å². The highest BCUT2D eigenvalue weighted by Gasteiger charge is 2.20. The molecule has 2 heterocycles. The number of likely N-dealkylation sites (N-methyl/N-ethyl adjacent to an activating group) is 1. The van der Waals surface area contributed by atoms with Gasteiger partial charge in [0.15, 0.2) is 5.69 Å². The van der Waals surface area contributed by atoms with Crippen LogP contribution in [0.1, 0.15) is 39.0 Å². The van der Waals surface area contributed by atoms with Crippen LogP contribution >= 0.6 is 0 Å². The number of ether oxygens (including phenoxy) is 1. The molecule has 1 saturated heterocycles. The molecule has 1 aromatic heterocycles. The van der Waals surface area contributed by atoms with Gasteiger partial charge in [0.1, 0.15) is 0 Å². The fourth-order valence-corrected chi connectivity index (χ4v) is 3.14. The minimum atomic E-state index is -0.418. The Bertz CT molecular complexity index is 822. The van der Waals surface area contributed by atoms with Crippen LogP contribution in [0.5, 0.6) is 0 Å². The highest BCUT2D eigenvalue weighted by molar-refractivity contribution is 5.94. The normalized spacial score (nSPS) is 15.0. The first kappa shape index (κ1) is 19.1. The Kier molecular flexibility index (Phi) is 5.91. The minimum absolute atomic E-state index is 0.0642. The van der Waals surface area contributed by atoms with Crippen LogP contribution in [-0.4, -0.2) is 71.3 Å². The molecule has 0 radical (unpaired) electrons. The second-order valence-corrected chi connectivity index (χ2v) is 6.84. The third-order valence-electron chi connectivity index (χ3n) is 4.76. The van der Waals surface area contributed by atoms with Crippen LogP contribution in [0.2, 0.25) is 0 Å². The van der Waals surface area contributed by atoms with E-state index in [1.165, 1.54) is 0 Å². The molecule has 7 heteroatoms. The summed E-state index contributed by atoms with van der Waals surface area (Å²) in [5.74, 6) is -0.354. The molecular formula is C20H26N4O3. The zero-order valence-corrected chi connectivity index (χ0v) is 16.1. The molecule has 1 fully saturated rings. The van der Waals surface area contributed by atoms with Crippen LogP contribution in [0.3, 0.4) is 0 Å². The summed E-state index contributed by atoms with van der Waals surface area (Å²) in [5, 5.41) is 4.34. The lowest BCUT2D eigenvalue weighted by atomic mass is 10.1. The number of hydrogen-bond donors (Lipinski definition) is 0. The Labute approximate surface area is 159 Å². The molecule has 0 unspecified atom stereocenters. The van der Waals surface area contributed by atoms with Gasteiger partial charge in [-0.2, -0.15) is 5.10 Å². The molecule has 7 nitrogen and oxygen atoms in total. The van der Waals surface area contributed by atoms with E-state index < -0.39 is 5.97 Å². The highest BCUT2D eigenvalue weighted by Crippen LogP contribution is 2.13. The van der Waals surface area contributed by atoms with Crippen molar-refractivity contribution in [2.24, 2.45) is 0 Å². The molecule has 2 aromatic rings. The molecule has 0 atom stereocenters. The van der Waals surface area contributed by atoms with E-state index in [0.29, 0.717) is 24.4 Å². The molecule has 3 rings (SSSR count). The number of aryl methyl sites for hydroxylation is 1.